The van der Waals surface area contributed by atoms with Crippen LogP contribution < -0.4 is 10.1 Å². The fourth-order valence-electron chi connectivity index (χ4n) is 3.22. The molecular formula is C17H26N2O. The average molecular weight is 274 g/mol. The zero-order valence-electron chi connectivity index (χ0n) is 12.9. The third-order valence-corrected chi connectivity index (χ3v) is 4.48. The van der Waals surface area contributed by atoms with Crippen molar-refractivity contribution in [2.45, 2.75) is 38.6 Å². The van der Waals surface area contributed by atoms with Crippen LogP contribution in [-0.4, -0.2) is 37.7 Å². The summed E-state index contributed by atoms with van der Waals surface area (Å²) in [6.07, 6.45) is 1.11. The van der Waals surface area contributed by atoms with Crippen LogP contribution in [-0.2, 0) is 5.41 Å². The topological polar surface area (TPSA) is 24.5 Å². The van der Waals surface area contributed by atoms with E-state index < -0.39 is 0 Å². The average Bonchev–Trinajstić information content (AvgIpc) is 2.46. The molecule has 0 spiro atoms. The summed E-state index contributed by atoms with van der Waals surface area (Å²) in [4.78, 5) is 2.62. The van der Waals surface area contributed by atoms with Gasteiger partial charge in [0.15, 0.2) is 0 Å². The standard InChI is InChI=1S/C17H26N2O/c1-17(2,3)13-4-5-16-14(12-13)15(6-11-20-16)19-9-7-18-8-10-19/h4-5,12,15,18H,6-11H2,1-3H3. The van der Waals surface area contributed by atoms with Crippen LogP contribution in [0.25, 0.3) is 0 Å². The number of benzene rings is 1. The van der Waals surface area contributed by atoms with Crippen LogP contribution in [0, 0.1) is 0 Å². The Balaban J connectivity index is 1.93. The Morgan fingerprint density at radius 1 is 1.20 bits per heavy atom. The van der Waals surface area contributed by atoms with Crippen LogP contribution in [0.2, 0.25) is 0 Å². The molecule has 2 aliphatic heterocycles. The van der Waals surface area contributed by atoms with Gasteiger partial charge in [0.05, 0.1) is 6.61 Å². The number of hydrogen-bond acceptors (Lipinski definition) is 3. The number of ether oxygens (including phenoxy) is 1. The first-order chi connectivity index (χ1) is 9.55. The molecule has 1 saturated heterocycles. The second-order valence-electron chi connectivity index (χ2n) is 6.94. The number of fused-ring (bicyclic) bond motifs is 1. The van der Waals surface area contributed by atoms with E-state index in [2.05, 4.69) is 49.2 Å². The molecule has 1 unspecified atom stereocenters. The monoisotopic (exact) mass is 274 g/mol. The van der Waals surface area contributed by atoms with E-state index in [0.717, 1.165) is 45.0 Å². The fraction of sp³-hybridized carbons (Fsp3) is 0.647. The van der Waals surface area contributed by atoms with Crippen molar-refractivity contribution in [3.63, 3.8) is 0 Å². The van der Waals surface area contributed by atoms with Gasteiger partial charge in [0.1, 0.15) is 5.75 Å². The summed E-state index contributed by atoms with van der Waals surface area (Å²) in [7, 11) is 0. The predicted octanol–water partition coefficient (Wildman–Crippen LogP) is 2.71. The molecule has 0 bridgehead atoms. The lowest BCUT2D eigenvalue weighted by atomic mass is 9.84. The van der Waals surface area contributed by atoms with Gasteiger partial charge in [-0.15, -0.1) is 0 Å². The zero-order valence-corrected chi connectivity index (χ0v) is 12.9. The molecule has 1 N–H and O–H groups in total. The highest BCUT2D eigenvalue weighted by molar-refractivity contribution is 5.42. The van der Waals surface area contributed by atoms with Crippen LogP contribution in [0.5, 0.6) is 5.75 Å². The van der Waals surface area contributed by atoms with Crippen LogP contribution in [0.1, 0.15) is 44.4 Å². The number of nitrogens with zero attached hydrogens (tertiary/aromatic N) is 1. The molecule has 0 aliphatic carbocycles. The van der Waals surface area contributed by atoms with Gasteiger partial charge in [0, 0.05) is 44.2 Å². The summed E-state index contributed by atoms with van der Waals surface area (Å²) in [6.45, 7) is 12.2. The first kappa shape index (κ1) is 13.9. The fourth-order valence-corrected chi connectivity index (χ4v) is 3.22. The van der Waals surface area contributed by atoms with Crippen LogP contribution in [0.3, 0.4) is 0 Å². The van der Waals surface area contributed by atoms with Gasteiger partial charge in [-0.1, -0.05) is 26.8 Å². The van der Waals surface area contributed by atoms with Crippen LogP contribution >= 0.6 is 0 Å². The molecule has 1 aromatic rings. The van der Waals surface area contributed by atoms with Crippen molar-refractivity contribution < 1.29 is 4.74 Å². The molecule has 0 saturated carbocycles. The molecule has 1 atom stereocenters. The molecule has 0 aromatic heterocycles. The Hall–Kier alpha value is -1.06. The van der Waals surface area contributed by atoms with Crippen molar-refractivity contribution >= 4 is 0 Å². The van der Waals surface area contributed by atoms with E-state index in [1.54, 1.807) is 0 Å². The lowest BCUT2D eigenvalue weighted by Crippen LogP contribution is -2.46. The molecule has 1 fully saturated rings. The van der Waals surface area contributed by atoms with Gasteiger partial charge in [-0.25, -0.2) is 0 Å². The molecule has 0 radical (unpaired) electrons. The van der Waals surface area contributed by atoms with Crippen LogP contribution in [0.4, 0.5) is 0 Å². The Kier molecular flexibility index (Phi) is 3.74. The second kappa shape index (κ2) is 5.38. The van der Waals surface area contributed by atoms with E-state index in [0.29, 0.717) is 6.04 Å². The molecule has 1 aromatic carbocycles. The number of piperazine rings is 1. The first-order valence-corrected chi connectivity index (χ1v) is 7.78. The van der Waals surface area contributed by atoms with Gasteiger partial charge < -0.3 is 10.1 Å². The molecule has 2 heterocycles. The lowest BCUT2D eigenvalue weighted by Gasteiger charge is -2.38. The SMILES string of the molecule is CC(C)(C)c1ccc2c(c1)C(N1CCNCC1)CCO2. The minimum atomic E-state index is 0.195. The van der Waals surface area contributed by atoms with Crippen molar-refractivity contribution in [1.29, 1.82) is 0 Å². The Morgan fingerprint density at radius 2 is 1.95 bits per heavy atom. The summed E-state index contributed by atoms with van der Waals surface area (Å²) in [5.74, 6) is 1.09. The molecule has 2 aliphatic rings. The quantitative estimate of drug-likeness (QED) is 0.852. The van der Waals surface area contributed by atoms with Crippen molar-refractivity contribution in [1.82, 2.24) is 10.2 Å². The number of nitrogens with one attached hydrogen (secondary N) is 1. The summed E-state index contributed by atoms with van der Waals surface area (Å²) in [6, 6.07) is 7.30. The van der Waals surface area contributed by atoms with Crippen molar-refractivity contribution in [3.05, 3.63) is 29.3 Å². The minimum Gasteiger partial charge on any atom is -0.493 e. The maximum Gasteiger partial charge on any atom is 0.124 e. The van der Waals surface area contributed by atoms with Crippen molar-refractivity contribution in [2.24, 2.45) is 0 Å². The molecule has 110 valence electrons. The normalized spacial score (nSPS) is 24.1. The third kappa shape index (κ3) is 2.70. The number of rotatable bonds is 1. The van der Waals surface area contributed by atoms with Gasteiger partial charge >= 0.3 is 0 Å². The molecule has 0 amide bonds. The summed E-state index contributed by atoms with van der Waals surface area (Å²) in [5.41, 5.74) is 2.99. The predicted molar refractivity (Wildman–Crippen MR) is 82.4 cm³/mol. The maximum absolute atomic E-state index is 5.87. The smallest absolute Gasteiger partial charge is 0.124 e. The highest BCUT2D eigenvalue weighted by atomic mass is 16.5. The molecule has 3 heteroatoms. The van der Waals surface area contributed by atoms with Gasteiger partial charge in [0.25, 0.3) is 0 Å². The lowest BCUT2D eigenvalue weighted by molar-refractivity contribution is 0.126. The minimum absolute atomic E-state index is 0.195. The Labute approximate surface area is 122 Å². The largest absolute Gasteiger partial charge is 0.493 e. The molecular weight excluding hydrogens is 248 g/mol. The Bertz CT molecular complexity index is 472. The van der Waals surface area contributed by atoms with Gasteiger partial charge in [-0.3, -0.25) is 4.90 Å². The maximum atomic E-state index is 5.87. The third-order valence-electron chi connectivity index (χ3n) is 4.48. The van der Waals surface area contributed by atoms with Gasteiger partial charge in [-0.05, 0) is 23.1 Å². The van der Waals surface area contributed by atoms with Crippen LogP contribution in [0.15, 0.2) is 18.2 Å². The highest BCUT2D eigenvalue weighted by Crippen LogP contribution is 2.38. The van der Waals surface area contributed by atoms with Gasteiger partial charge in [-0.2, -0.15) is 0 Å². The van der Waals surface area contributed by atoms with Crippen molar-refractivity contribution in [2.75, 3.05) is 32.8 Å². The molecule has 20 heavy (non-hydrogen) atoms. The zero-order chi connectivity index (χ0) is 14.2. The molecule has 3 rings (SSSR count). The second-order valence-corrected chi connectivity index (χ2v) is 6.94. The summed E-state index contributed by atoms with van der Waals surface area (Å²) < 4.78 is 5.87. The first-order valence-electron chi connectivity index (χ1n) is 7.78. The number of hydrogen-bond donors (Lipinski definition) is 1. The van der Waals surface area contributed by atoms with E-state index >= 15 is 0 Å². The Morgan fingerprint density at radius 3 is 2.65 bits per heavy atom. The van der Waals surface area contributed by atoms with Crippen molar-refractivity contribution in [3.8, 4) is 5.75 Å². The van der Waals surface area contributed by atoms with E-state index in [1.807, 2.05) is 0 Å². The van der Waals surface area contributed by atoms with Gasteiger partial charge in [0.2, 0.25) is 0 Å². The van der Waals surface area contributed by atoms with E-state index in [9.17, 15) is 0 Å². The summed E-state index contributed by atoms with van der Waals surface area (Å²) in [5, 5.41) is 3.44. The van der Waals surface area contributed by atoms with E-state index in [1.165, 1.54) is 11.1 Å². The summed E-state index contributed by atoms with van der Waals surface area (Å²) >= 11 is 0. The van der Waals surface area contributed by atoms with E-state index in [-0.39, 0.29) is 5.41 Å². The highest BCUT2D eigenvalue weighted by Gasteiger charge is 2.29. The van der Waals surface area contributed by atoms with E-state index in [4.69, 9.17) is 4.74 Å². The molecule has 3 nitrogen and oxygen atoms in total.